The van der Waals surface area contributed by atoms with E-state index in [1.54, 1.807) is 0 Å². The average molecular weight is 118 g/mol. The molecule has 0 aromatic heterocycles. The zero-order chi connectivity index (χ0) is 5.98. The van der Waals surface area contributed by atoms with Crippen LogP contribution >= 0.6 is 0 Å². The van der Waals surface area contributed by atoms with E-state index in [9.17, 15) is 8.78 Å². The number of allylic oxidation sites excluding steroid dienone is 1. The monoisotopic (exact) mass is 118 g/mol. The van der Waals surface area contributed by atoms with Gasteiger partial charge in [0.1, 0.15) is 0 Å². The second-order valence-corrected chi connectivity index (χ2v) is 1.38. The summed E-state index contributed by atoms with van der Waals surface area (Å²) in [7, 11) is 0. The van der Waals surface area contributed by atoms with Gasteiger partial charge in [0, 0.05) is 6.42 Å². The SMILES string of the molecule is FC(F)=C1CC=CO1. The predicted molar refractivity (Wildman–Crippen MR) is 24.1 cm³/mol. The molecular weight excluding hydrogens is 114 g/mol. The van der Waals surface area contributed by atoms with Crippen LogP contribution in [0.4, 0.5) is 8.78 Å². The molecule has 0 radical (unpaired) electrons. The Morgan fingerprint density at radius 2 is 2.38 bits per heavy atom. The van der Waals surface area contributed by atoms with Crippen molar-refractivity contribution in [1.29, 1.82) is 0 Å². The smallest absolute Gasteiger partial charge is 0.308 e. The van der Waals surface area contributed by atoms with Gasteiger partial charge in [-0.1, -0.05) is 0 Å². The van der Waals surface area contributed by atoms with E-state index in [1.807, 2.05) is 0 Å². The van der Waals surface area contributed by atoms with Gasteiger partial charge < -0.3 is 4.74 Å². The van der Waals surface area contributed by atoms with Crippen LogP contribution in [-0.2, 0) is 4.74 Å². The molecule has 0 saturated carbocycles. The zero-order valence-corrected chi connectivity index (χ0v) is 4.03. The Balaban J connectivity index is 2.64. The molecule has 3 heteroatoms. The van der Waals surface area contributed by atoms with E-state index in [0.717, 1.165) is 0 Å². The first-order valence-corrected chi connectivity index (χ1v) is 2.16. The Labute approximate surface area is 45.3 Å². The highest BCUT2D eigenvalue weighted by Crippen LogP contribution is 2.18. The summed E-state index contributed by atoms with van der Waals surface area (Å²) in [4.78, 5) is 0. The summed E-state index contributed by atoms with van der Waals surface area (Å²) in [6.45, 7) is 0. The lowest BCUT2D eigenvalue weighted by atomic mass is 10.4. The van der Waals surface area contributed by atoms with Crippen molar-refractivity contribution >= 4 is 0 Å². The highest BCUT2D eigenvalue weighted by molar-refractivity contribution is 5.06. The molecule has 0 atom stereocenters. The zero-order valence-electron chi connectivity index (χ0n) is 4.03. The van der Waals surface area contributed by atoms with E-state index in [1.165, 1.54) is 12.3 Å². The molecule has 1 nitrogen and oxygen atoms in total. The second kappa shape index (κ2) is 1.94. The topological polar surface area (TPSA) is 9.23 Å². The predicted octanol–water partition coefficient (Wildman–Crippen LogP) is 2.03. The Morgan fingerprint density at radius 3 is 2.62 bits per heavy atom. The first kappa shape index (κ1) is 5.28. The fourth-order valence-electron chi connectivity index (χ4n) is 0.455. The van der Waals surface area contributed by atoms with Crippen molar-refractivity contribution in [2.75, 3.05) is 0 Å². The molecular formula is C5H4F2O. The molecule has 8 heavy (non-hydrogen) atoms. The third-order valence-electron chi connectivity index (χ3n) is 0.821. The summed E-state index contributed by atoms with van der Waals surface area (Å²) in [5.41, 5.74) is 0. The van der Waals surface area contributed by atoms with Gasteiger partial charge in [-0.25, -0.2) is 0 Å². The van der Waals surface area contributed by atoms with Gasteiger partial charge in [-0.3, -0.25) is 0 Å². The fourth-order valence-corrected chi connectivity index (χ4v) is 0.455. The van der Waals surface area contributed by atoms with Crippen LogP contribution in [-0.4, -0.2) is 0 Å². The van der Waals surface area contributed by atoms with E-state index < -0.39 is 6.08 Å². The number of ether oxygens (including phenoxy) is 1. The highest BCUT2D eigenvalue weighted by atomic mass is 19.3. The van der Waals surface area contributed by atoms with Crippen LogP contribution in [0.15, 0.2) is 24.2 Å². The Hall–Kier alpha value is -0.860. The first-order valence-electron chi connectivity index (χ1n) is 2.16. The molecule has 1 aliphatic rings. The number of halogens is 2. The first-order chi connectivity index (χ1) is 3.80. The van der Waals surface area contributed by atoms with Gasteiger partial charge in [0.05, 0.1) is 6.26 Å². The van der Waals surface area contributed by atoms with Crippen LogP contribution in [0.25, 0.3) is 0 Å². The van der Waals surface area contributed by atoms with Gasteiger partial charge in [-0.05, 0) is 6.08 Å². The Morgan fingerprint density at radius 1 is 1.62 bits per heavy atom. The molecule has 0 aromatic rings. The largest absolute Gasteiger partial charge is 0.464 e. The van der Waals surface area contributed by atoms with Gasteiger partial charge >= 0.3 is 6.08 Å². The van der Waals surface area contributed by atoms with Crippen molar-refractivity contribution in [2.24, 2.45) is 0 Å². The molecule has 1 rings (SSSR count). The molecule has 0 fully saturated rings. The van der Waals surface area contributed by atoms with Gasteiger partial charge in [0.15, 0.2) is 5.76 Å². The summed E-state index contributed by atoms with van der Waals surface area (Å²) >= 11 is 0. The maximum Gasteiger partial charge on any atom is 0.308 e. The molecule has 0 aliphatic carbocycles. The molecule has 0 spiro atoms. The molecule has 1 heterocycles. The lowest BCUT2D eigenvalue weighted by Gasteiger charge is -1.90. The third-order valence-corrected chi connectivity index (χ3v) is 0.821. The molecule has 0 unspecified atom stereocenters. The van der Waals surface area contributed by atoms with Gasteiger partial charge in [0.2, 0.25) is 0 Å². The summed E-state index contributed by atoms with van der Waals surface area (Å²) in [5, 5.41) is 0. The van der Waals surface area contributed by atoms with Crippen LogP contribution in [0.3, 0.4) is 0 Å². The normalized spacial score (nSPS) is 16.5. The summed E-state index contributed by atoms with van der Waals surface area (Å²) in [6, 6.07) is 0. The van der Waals surface area contributed by atoms with Crippen LogP contribution in [0.2, 0.25) is 0 Å². The molecule has 1 aliphatic heterocycles. The van der Waals surface area contributed by atoms with Crippen molar-refractivity contribution in [1.82, 2.24) is 0 Å². The maximum absolute atomic E-state index is 11.5. The standard InChI is InChI=1S/C5H4F2O/c6-5(7)4-2-1-3-8-4/h1,3H,2H2. The van der Waals surface area contributed by atoms with Crippen LogP contribution in [0.5, 0.6) is 0 Å². The van der Waals surface area contributed by atoms with Crippen molar-refractivity contribution in [2.45, 2.75) is 6.42 Å². The fraction of sp³-hybridized carbons (Fsp3) is 0.200. The van der Waals surface area contributed by atoms with E-state index in [-0.39, 0.29) is 12.2 Å². The third kappa shape index (κ3) is 0.857. The number of hydrogen-bond donors (Lipinski definition) is 0. The molecule has 0 aromatic carbocycles. The molecule has 44 valence electrons. The number of rotatable bonds is 0. The van der Waals surface area contributed by atoms with Crippen molar-refractivity contribution in [3.05, 3.63) is 24.2 Å². The van der Waals surface area contributed by atoms with E-state index >= 15 is 0 Å². The maximum atomic E-state index is 11.5. The Bertz CT molecular complexity index is 135. The van der Waals surface area contributed by atoms with Gasteiger partial charge in [0.25, 0.3) is 0 Å². The van der Waals surface area contributed by atoms with Crippen molar-refractivity contribution in [3.63, 3.8) is 0 Å². The summed E-state index contributed by atoms with van der Waals surface area (Å²) in [6.07, 6.45) is 1.29. The summed E-state index contributed by atoms with van der Waals surface area (Å²) < 4.78 is 27.3. The highest BCUT2D eigenvalue weighted by Gasteiger charge is 2.07. The second-order valence-electron chi connectivity index (χ2n) is 1.38. The Kier molecular flexibility index (Phi) is 1.28. The van der Waals surface area contributed by atoms with E-state index in [0.29, 0.717) is 0 Å². The van der Waals surface area contributed by atoms with Gasteiger partial charge in [-0.15, -0.1) is 0 Å². The average Bonchev–Trinajstić information content (AvgIpc) is 2.12. The van der Waals surface area contributed by atoms with Crippen molar-refractivity contribution < 1.29 is 13.5 Å². The summed E-state index contributed by atoms with van der Waals surface area (Å²) in [5.74, 6) is -0.231. The van der Waals surface area contributed by atoms with Crippen LogP contribution < -0.4 is 0 Å². The minimum Gasteiger partial charge on any atom is -0.464 e. The minimum atomic E-state index is -1.73. The van der Waals surface area contributed by atoms with E-state index in [4.69, 9.17) is 0 Å². The number of hydrogen-bond acceptors (Lipinski definition) is 1. The molecule has 0 saturated heterocycles. The van der Waals surface area contributed by atoms with Gasteiger partial charge in [-0.2, -0.15) is 8.78 Å². The van der Waals surface area contributed by atoms with Crippen LogP contribution in [0.1, 0.15) is 6.42 Å². The lowest BCUT2D eigenvalue weighted by molar-refractivity contribution is 0.297. The quantitative estimate of drug-likeness (QED) is 0.472. The molecule has 0 bridgehead atoms. The lowest BCUT2D eigenvalue weighted by Crippen LogP contribution is -1.76. The molecule has 0 amide bonds. The van der Waals surface area contributed by atoms with E-state index in [2.05, 4.69) is 4.74 Å². The van der Waals surface area contributed by atoms with Crippen LogP contribution in [0, 0.1) is 0 Å². The minimum absolute atomic E-state index is 0.225. The molecule has 0 N–H and O–H groups in total. The van der Waals surface area contributed by atoms with Crippen molar-refractivity contribution in [3.8, 4) is 0 Å².